The molecule has 0 aromatic heterocycles. The lowest BCUT2D eigenvalue weighted by atomic mass is 10.2. The molecular weight excluding hydrogens is 244 g/mol. The maximum atomic E-state index is 4.31. The molecule has 4 nitrogen and oxygen atoms in total. The van der Waals surface area contributed by atoms with Gasteiger partial charge in [0.1, 0.15) is 12.7 Å². The van der Waals surface area contributed by atoms with Crippen molar-refractivity contribution in [3.63, 3.8) is 0 Å². The van der Waals surface area contributed by atoms with Crippen LogP contribution in [0.5, 0.6) is 0 Å². The topological polar surface area (TPSA) is 49.4 Å². The Morgan fingerprint density at radius 3 is 2.78 bits per heavy atom. The molecule has 0 aliphatic carbocycles. The Balaban J connectivity index is 1.58. The SMILES string of the molecule is C1=NC2=NC=N[C@@H]2C(CSCc2ccccc2)=N1. The molecule has 0 amide bonds. The van der Waals surface area contributed by atoms with Gasteiger partial charge in [0.25, 0.3) is 0 Å². The van der Waals surface area contributed by atoms with E-state index < -0.39 is 0 Å². The van der Waals surface area contributed by atoms with Gasteiger partial charge < -0.3 is 0 Å². The molecule has 3 rings (SSSR count). The number of hydrogen-bond acceptors (Lipinski definition) is 5. The third kappa shape index (κ3) is 2.41. The monoisotopic (exact) mass is 256 g/mol. The molecule has 0 saturated heterocycles. The molecule has 0 N–H and O–H groups in total. The predicted molar refractivity (Wildman–Crippen MR) is 78.2 cm³/mol. The number of thioether (sulfide) groups is 1. The summed E-state index contributed by atoms with van der Waals surface area (Å²) < 4.78 is 0. The summed E-state index contributed by atoms with van der Waals surface area (Å²) in [6.07, 6.45) is 3.14. The molecule has 0 unspecified atom stereocenters. The van der Waals surface area contributed by atoms with Crippen LogP contribution in [0.25, 0.3) is 0 Å². The zero-order valence-electron chi connectivity index (χ0n) is 9.73. The molecule has 1 aromatic rings. The molecule has 2 aliphatic rings. The van der Waals surface area contributed by atoms with Gasteiger partial charge in [0.15, 0.2) is 11.9 Å². The van der Waals surface area contributed by atoms with E-state index in [0.29, 0.717) is 0 Å². The van der Waals surface area contributed by atoms with Crippen LogP contribution in [0.15, 0.2) is 50.3 Å². The summed E-state index contributed by atoms with van der Waals surface area (Å²) in [6, 6.07) is 10.4. The van der Waals surface area contributed by atoms with Crippen LogP contribution >= 0.6 is 11.8 Å². The highest BCUT2D eigenvalue weighted by atomic mass is 32.2. The normalized spacial score (nSPS) is 20.6. The summed E-state index contributed by atoms with van der Waals surface area (Å²) in [7, 11) is 0. The van der Waals surface area contributed by atoms with Gasteiger partial charge in [-0.15, -0.1) is 0 Å². The smallest absolute Gasteiger partial charge is 0.162 e. The summed E-state index contributed by atoms with van der Waals surface area (Å²) in [6.45, 7) is 0. The van der Waals surface area contributed by atoms with Crippen LogP contribution in [0.1, 0.15) is 5.56 Å². The summed E-state index contributed by atoms with van der Waals surface area (Å²) in [4.78, 5) is 16.8. The van der Waals surface area contributed by atoms with Crippen molar-refractivity contribution in [2.45, 2.75) is 11.8 Å². The van der Waals surface area contributed by atoms with Crippen LogP contribution in [-0.2, 0) is 5.75 Å². The van der Waals surface area contributed by atoms with Crippen molar-refractivity contribution in [2.24, 2.45) is 20.0 Å². The van der Waals surface area contributed by atoms with Gasteiger partial charge in [-0.3, -0.25) is 4.99 Å². The number of benzene rings is 1. The summed E-state index contributed by atoms with van der Waals surface area (Å²) >= 11 is 1.84. The van der Waals surface area contributed by atoms with Gasteiger partial charge in [-0.2, -0.15) is 11.8 Å². The maximum absolute atomic E-state index is 4.31. The van der Waals surface area contributed by atoms with Gasteiger partial charge in [-0.1, -0.05) is 30.3 Å². The van der Waals surface area contributed by atoms with E-state index in [9.17, 15) is 0 Å². The second kappa shape index (κ2) is 5.27. The Bertz CT molecular complexity index is 545. The van der Waals surface area contributed by atoms with Crippen molar-refractivity contribution in [1.29, 1.82) is 0 Å². The number of aliphatic imine (C=N–C) groups is 4. The van der Waals surface area contributed by atoms with Gasteiger partial charge in [-0.25, -0.2) is 15.0 Å². The molecule has 90 valence electrons. The first-order valence-corrected chi connectivity index (χ1v) is 6.89. The van der Waals surface area contributed by atoms with Crippen molar-refractivity contribution in [1.82, 2.24) is 0 Å². The minimum absolute atomic E-state index is 0.0433. The fourth-order valence-electron chi connectivity index (χ4n) is 1.83. The first kappa shape index (κ1) is 11.3. The average molecular weight is 256 g/mol. The number of nitrogens with zero attached hydrogens (tertiary/aromatic N) is 4. The zero-order valence-corrected chi connectivity index (χ0v) is 10.5. The Morgan fingerprint density at radius 1 is 1.00 bits per heavy atom. The van der Waals surface area contributed by atoms with Crippen molar-refractivity contribution in [2.75, 3.05) is 5.75 Å². The minimum atomic E-state index is -0.0433. The summed E-state index contributed by atoms with van der Waals surface area (Å²) in [5, 5.41) is 0. The number of rotatable bonds is 4. The standard InChI is InChI=1S/C13H12N4S/c1-2-4-10(5-3-1)6-18-7-11-12-13(16-8-14-11)17-9-15-12/h1-5,8-9,12H,6-7H2/t12-/m1/s1. The molecule has 2 heterocycles. The molecule has 18 heavy (non-hydrogen) atoms. The molecule has 5 heteroatoms. The van der Waals surface area contributed by atoms with Crippen LogP contribution in [0, 0.1) is 0 Å². The van der Waals surface area contributed by atoms with E-state index in [1.165, 1.54) is 5.56 Å². The second-order valence-electron chi connectivity index (χ2n) is 4.00. The van der Waals surface area contributed by atoms with E-state index in [4.69, 9.17) is 0 Å². The molecule has 1 aromatic carbocycles. The number of fused-ring (bicyclic) bond motifs is 1. The molecule has 0 saturated carbocycles. The van der Waals surface area contributed by atoms with E-state index >= 15 is 0 Å². The molecule has 1 atom stereocenters. The highest BCUT2D eigenvalue weighted by Gasteiger charge is 2.25. The van der Waals surface area contributed by atoms with Crippen molar-refractivity contribution in [3.8, 4) is 0 Å². The number of hydrogen-bond donors (Lipinski definition) is 0. The van der Waals surface area contributed by atoms with Crippen LogP contribution in [0.4, 0.5) is 0 Å². The lowest BCUT2D eigenvalue weighted by Gasteiger charge is -2.13. The summed E-state index contributed by atoms with van der Waals surface area (Å²) in [5.74, 6) is 2.61. The van der Waals surface area contributed by atoms with Crippen molar-refractivity contribution >= 4 is 36.0 Å². The quantitative estimate of drug-likeness (QED) is 0.814. The molecule has 0 spiro atoms. The minimum Gasteiger partial charge on any atom is -0.256 e. The third-order valence-corrected chi connectivity index (χ3v) is 3.78. The highest BCUT2D eigenvalue weighted by Crippen LogP contribution is 2.16. The Morgan fingerprint density at radius 2 is 1.89 bits per heavy atom. The molecule has 0 fully saturated rings. The van der Waals surface area contributed by atoms with Gasteiger partial charge in [0.2, 0.25) is 0 Å². The van der Waals surface area contributed by atoms with Crippen LogP contribution in [-0.4, -0.2) is 36.0 Å². The first-order valence-electron chi connectivity index (χ1n) is 5.73. The Hall–Kier alpha value is -1.75. The van der Waals surface area contributed by atoms with E-state index in [0.717, 1.165) is 23.1 Å². The maximum Gasteiger partial charge on any atom is 0.162 e. The van der Waals surface area contributed by atoms with Gasteiger partial charge in [0, 0.05) is 11.5 Å². The molecule has 0 radical (unpaired) electrons. The second-order valence-corrected chi connectivity index (χ2v) is 4.98. The fourth-order valence-corrected chi connectivity index (χ4v) is 2.80. The van der Waals surface area contributed by atoms with Crippen LogP contribution < -0.4 is 0 Å². The average Bonchev–Trinajstić information content (AvgIpc) is 2.89. The largest absolute Gasteiger partial charge is 0.256 e. The highest BCUT2D eigenvalue weighted by molar-refractivity contribution is 7.99. The van der Waals surface area contributed by atoms with Gasteiger partial charge in [0.05, 0.1) is 5.71 Å². The lowest BCUT2D eigenvalue weighted by molar-refractivity contribution is 1.13. The first-order chi connectivity index (χ1) is 8.93. The van der Waals surface area contributed by atoms with E-state index in [2.05, 4.69) is 44.2 Å². The Labute approximate surface area is 110 Å². The van der Waals surface area contributed by atoms with E-state index in [-0.39, 0.29) is 6.04 Å². The third-order valence-electron chi connectivity index (χ3n) is 2.74. The van der Waals surface area contributed by atoms with Crippen molar-refractivity contribution < 1.29 is 0 Å². The van der Waals surface area contributed by atoms with E-state index in [1.54, 1.807) is 12.7 Å². The predicted octanol–water partition coefficient (Wildman–Crippen LogP) is 2.21. The van der Waals surface area contributed by atoms with Gasteiger partial charge >= 0.3 is 0 Å². The fraction of sp³-hybridized carbons (Fsp3) is 0.231. The molecule has 2 aliphatic heterocycles. The van der Waals surface area contributed by atoms with Crippen molar-refractivity contribution in [3.05, 3.63) is 35.9 Å². The molecular formula is C13H12N4S. The van der Waals surface area contributed by atoms with Crippen LogP contribution in [0.2, 0.25) is 0 Å². The van der Waals surface area contributed by atoms with E-state index in [1.807, 2.05) is 17.8 Å². The summed E-state index contributed by atoms with van der Waals surface area (Å²) in [5.41, 5.74) is 2.37. The lowest BCUT2D eigenvalue weighted by Crippen LogP contribution is -2.29. The van der Waals surface area contributed by atoms with Crippen LogP contribution in [0.3, 0.4) is 0 Å². The zero-order chi connectivity index (χ0) is 12.2. The number of amidine groups is 1. The van der Waals surface area contributed by atoms with Gasteiger partial charge in [-0.05, 0) is 5.56 Å². The molecule has 0 bridgehead atoms. The Kier molecular flexibility index (Phi) is 3.32.